The molecule has 3 nitrogen and oxygen atoms in total. The van der Waals surface area contributed by atoms with Crippen LogP contribution in [-0.4, -0.2) is 12.9 Å². The van der Waals surface area contributed by atoms with Crippen LogP contribution in [-0.2, 0) is 9.57 Å². The van der Waals surface area contributed by atoms with E-state index in [4.69, 9.17) is 10.6 Å². The third kappa shape index (κ3) is 4.41. The first-order valence-electron chi connectivity index (χ1n) is 4.62. The molecule has 0 aliphatic heterocycles. The van der Waals surface area contributed by atoms with Gasteiger partial charge < -0.3 is 4.74 Å². The van der Waals surface area contributed by atoms with Crippen LogP contribution in [0.1, 0.15) is 27.7 Å². The van der Waals surface area contributed by atoms with Gasteiger partial charge in [-0.3, -0.25) is 4.84 Å². The Hall–Kier alpha value is -0.380. The normalized spacial score (nSPS) is 15.8. The number of hydrogen-bond acceptors (Lipinski definition) is 3. The van der Waals surface area contributed by atoms with E-state index in [0.29, 0.717) is 11.8 Å². The van der Waals surface area contributed by atoms with Gasteiger partial charge in [-0.1, -0.05) is 32.9 Å². The Morgan fingerprint density at radius 1 is 1.31 bits per heavy atom. The molecule has 0 aliphatic carbocycles. The first-order valence-corrected chi connectivity index (χ1v) is 4.62. The molecule has 0 unspecified atom stereocenters. The summed E-state index contributed by atoms with van der Waals surface area (Å²) in [5.41, 5.74) is 1.20. The quantitative estimate of drug-likeness (QED) is 0.393. The number of nitrogens with two attached hydrogens (primary N) is 1. The van der Waals surface area contributed by atoms with E-state index in [-0.39, 0.29) is 12.9 Å². The second-order valence-corrected chi connectivity index (χ2v) is 3.67. The predicted molar refractivity (Wildman–Crippen MR) is 53.8 cm³/mol. The summed E-state index contributed by atoms with van der Waals surface area (Å²) in [5, 5.41) is 0. The standard InChI is InChI=1S/C10H21NO2/c1-7(2)8(3)9(4)10(5)12-6-13-11/h7,9-10H,3,6,11H2,1-2,4-5H3/t9-,10-/m0/s1. The second kappa shape index (κ2) is 6.13. The number of rotatable bonds is 6. The molecule has 0 saturated heterocycles. The van der Waals surface area contributed by atoms with Crippen molar-refractivity contribution in [3.63, 3.8) is 0 Å². The zero-order valence-corrected chi connectivity index (χ0v) is 9.04. The van der Waals surface area contributed by atoms with Crippen molar-refractivity contribution in [3.8, 4) is 0 Å². The van der Waals surface area contributed by atoms with E-state index in [1.54, 1.807) is 0 Å². The van der Waals surface area contributed by atoms with E-state index >= 15 is 0 Å². The Bertz CT molecular complexity index is 157. The summed E-state index contributed by atoms with van der Waals surface area (Å²) in [6.45, 7) is 12.5. The van der Waals surface area contributed by atoms with Gasteiger partial charge in [0.1, 0.15) is 0 Å². The van der Waals surface area contributed by atoms with Crippen molar-refractivity contribution in [2.45, 2.75) is 33.8 Å². The van der Waals surface area contributed by atoms with E-state index in [0.717, 1.165) is 0 Å². The van der Waals surface area contributed by atoms with Gasteiger partial charge in [0.15, 0.2) is 6.79 Å². The van der Waals surface area contributed by atoms with Crippen LogP contribution < -0.4 is 5.90 Å². The highest BCUT2D eigenvalue weighted by atomic mass is 16.7. The van der Waals surface area contributed by atoms with E-state index in [1.165, 1.54) is 5.57 Å². The molecule has 0 fully saturated rings. The van der Waals surface area contributed by atoms with Gasteiger partial charge in [0.05, 0.1) is 6.10 Å². The van der Waals surface area contributed by atoms with Crippen LogP contribution >= 0.6 is 0 Å². The van der Waals surface area contributed by atoms with E-state index in [9.17, 15) is 0 Å². The lowest BCUT2D eigenvalue weighted by molar-refractivity contribution is -0.0964. The molecule has 0 heterocycles. The van der Waals surface area contributed by atoms with Crippen LogP contribution in [0.3, 0.4) is 0 Å². The fourth-order valence-corrected chi connectivity index (χ4v) is 1.12. The lowest BCUT2D eigenvalue weighted by Gasteiger charge is -2.24. The molecular weight excluding hydrogens is 166 g/mol. The number of hydrogen-bond donors (Lipinski definition) is 1. The molecule has 0 radical (unpaired) electrons. The zero-order valence-electron chi connectivity index (χ0n) is 9.04. The van der Waals surface area contributed by atoms with Gasteiger partial charge in [-0.05, 0) is 12.8 Å². The zero-order chi connectivity index (χ0) is 10.4. The summed E-state index contributed by atoms with van der Waals surface area (Å²) in [6, 6.07) is 0. The maximum absolute atomic E-state index is 5.32. The molecule has 0 aromatic heterocycles. The molecule has 0 rings (SSSR count). The first-order chi connectivity index (χ1) is 6.00. The summed E-state index contributed by atoms with van der Waals surface area (Å²) in [7, 11) is 0. The minimum atomic E-state index is 0.0958. The Labute approximate surface area is 80.9 Å². The van der Waals surface area contributed by atoms with E-state index in [2.05, 4.69) is 32.2 Å². The molecule has 13 heavy (non-hydrogen) atoms. The summed E-state index contributed by atoms with van der Waals surface area (Å²) in [6.07, 6.45) is 0.0958. The van der Waals surface area contributed by atoms with Crippen molar-refractivity contribution in [1.82, 2.24) is 0 Å². The summed E-state index contributed by atoms with van der Waals surface area (Å²) < 4.78 is 5.32. The third-order valence-electron chi connectivity index (χ3n) is 2.43. The Morgan fingerprint density at radius 2 is 1.85 bits per heavy atom. The molecule has 0 amide bonds. The summed E-state index contributed by atoms with van der Waals surface area (Å²) >= 11 is 0. The van der Waals surface area contributed by atoms with Crippen molar-refractivity contribution < 1.29 is 9.57 Å². The van der Waals surface area contributed by atoms with Crippen LogP contribution in [0.5, 0.6) is 0 Å². The Kier molecular flexibility index (Phi) is 5.95. The SMILES string of the molecule is C=C(C(C)C)[C@H](C)[C@H](C)OCON. The van der Waals surface area contributed by atoms with Crippen LogP contribution in [0.25, 0.3) is 0 Å². The molecule has 0 saturated carbocycles. The van der Waals surface area contributed by atoms with Crippen LogP contribution in [0.4, 0.5) is 0 Å². The minimum Gasteiger partial charge on any atom is -0.350 e. The monoisotopic (exact) mass is 187 g/mol. The van der Waals surface area contributed by atoms with Gasteiger partial charge >= 0.3 is 0 Å². The van der Waals surface area contributed by atoms with Crippen molar-refractivity contribution in [2.24, 2.45) is 17.7 Å². The van der Waals surface area contributed by atoms with E-state index in [1.807, 2.05) is 6.92 Å². The molecule has 0 aromatic rings. The summed E-state index contributed by atoms with van der Waals surface area (Å²) in [4.78, 5) is 4.35. The third-order valence-corrected chi connectivity index (χ3v) is 2.43. The van der Waals surface area contributed by atoms with Crippen LogP contribution in [0, 0.1) is 11.8 Å². The average Bonchev–Trinajstić information content (AvgIpc) is 2.11. The van der Waals surface area contributed by atoms with Gasteiger partial charge in [-0.15, -0.1) is 0 Å². The van der Waals surface area contributed by atoms with Crippen molar-refractivity contribution >= 4 is 0 Å². The lowest BCUT2D eigenvalue weighted by atomic mass is 9.89. The van der Waals surface area contributed by atoms with Crippen molar-refractivity contribution in [2.75, 3.05) is 6.79 Å². The minimum absolute atomic E-state index is 0.0958. The average molecular weight is 187 g/mol. The molecule has 3 heteroatoms. The Balaban J connectivity index is 3.94. The second-order valence-electron chi connectivity index (χ2n) is 3.67. The van der Waals surface area contributed by atoms with Gasteiger partial charge in [-0.2, -0.15) is 0 Å². The lowest BCUT2D eigenvalue weighted by Crippen LogP contribution is -2.23. The maximum Gasteiger partial charge on any atom is 0.166 e. The highest BCUT2D eigenvalue weighted by Gasteiger charge is 2.17. The fraction of sp³-hybridized carbons (Fsp3) is 0.800. The molecule has 0 spiro atoms. The highest BCUT2D eigenvalue weighted by Crippen LogP contribution is 2.22. The summed E-state index contributed by atoms with van der Waals surface area (Å²) in [5.74, 6) is 5.68. The van der Waals surface area contributed by atoms with Crippen molar-refractivity contribution in [3.05, 3.63) is 12.2 Å². The van der Waals surface area contributed by atoms with Gasteiger partial charge in [0.25, 0.3) is 0 Å². The van der Waals surface area contributed by atoms with Crippen LogP contribution in [0.15, 0.2) is 12.2 Å². The Morgan fingerprint density at radius 3 is 2.23 bits per heavy atom. The molecule has 78 valence electrons. The molecule has 0 bridgehead atoms. The molecule has 2 N–H and O–H groups in total. The number of ether oxygens (including phenoxy) is 1. The van der Waals surface area contributed by atoms with E-state index < -0.39 is 0 Å². The largest absolute Gasteiger partial charge is 0.350 e. The maximum atomic E-state index is 5.32. The molecule has 2 atom stereocenters. The van der Waals surface area contributed by atoms with Crippen molar-refractivity contribution in [1.29, 1.82) is 0 Å². The molecular formula is C10H21NO2. The highest BCUT2D eigenvalue weighted by molar-refractivity contribution is 5.03. The molecule has 0 aliphatic rings. The topological polar surface area (TPSA) is 44.5 Å². The molecule has 0 aromatic carbocycles. The van der Waals surface area contributed by atoms with Crippen LogP contribution in [0.2, 0.25) is 0 Å². The first kappa shape index (κ1) is 12.6. The van der Waals surface area contributed by atoms with Gasteiger partial charge in [0, 0.05) is 5.92 Å². The van der Waals surface area contributed by atoms with Gasteiger partial charge in [-0.25, -0.2) is 5.90 Å². The fourth-order valence-electron chi connectivity index (χ4n) is 1.12. The smallest absolute Gasteiger partial charge is 0.166 e. The predicted octanol–water partition coefficient (Wildman–Crippen LogP) is 2.09. The van der Waals surface area contributed by atoms with Gasteiger partial charge in [0.2, 0.25) is 0 Å².